The highest BCUT2D eigenvalue weighted by Gasteiger charge is 2.22. The zero-order chi connectivity index (χ0) is 15.9. The number of hydrogen-bond acceptors (Lipinski definition) is 4. The first-order valence-corrected chi connectivity index (χ1v) is 7.94. The van der Waals surface area contributed by atoms with Crippen LogP contribution in [0.2, 0.25) is 0 Å². The Labute approximate surface area is 133 Å². The lowest BCUT2D eigenvalue weighted by Crippen LogP contribution is -2.45. The van der Waals surface area contributed by atoms with Crippen molar-refractivity contribution in [1.82, 2.24) is 15.5 Å². The van der Waals surface area contributed by atoms with Gasteiger partial charge >= 0.3 is 0 Å². The Kier molecular flexibility index (Phi) is 6.36. The van der Waals surface area contributed by atoms with Crippen molar-refractivity contribution in [2.24, 2.45) is 0 Å². The summed E-state index contributed by atoms with van der Waals surface area (Å²) in [5.41, 5.74) is 2.45. The van der Waals surface area contributed by atoms with Crippen molar-refractivity contribution in [2.75, 3.05) is 26.7 Å². The summed E-state index contributed by atoms with van der Waals surface area (Å²) in [6.07, 6.45) is 0.539. The normalized spacial score (nSPS) is 22.5. The van der Waals surface area contributed by atoms with E-state index in [0.29, 0.717) is 13.1 Å². The number of hydrogen-bond donors (Lipinski definition) is 2. The van der Waals surface area contributed by atoms with Crippen LogP contribution in [-0.2, 0) is 22.6 Å². The lowest BCUT2D eigenvalue weighted by Gasteiger charge is -2.35. The number of morpholine rings is 1. The summed E-state index contributed by atoms with van der Waals surface area (Å²) in [4.78, 5) is 14.0. The van der Waals surface area contributed by atoms with E-state index in [1.807, 2.05) is 6.07 Å². The summed E-state index contributed by atoms with van der Waals surface area (Å²) in [6.45, 7) is 7.96. The number of carbonyl (C=O) groups excluding carboxylic acids is 1. The number of likely N-dealkylation sites (N-methyl/N-ethyl adjacent to an activating group) is 1. The smallest absolute Gasteiger partial charge is 0.234 e. The van der Waals surface area contributed by atoms with Crippen molar-refractivity contribution >= 4 is 5.91 Å². The van der Waals surface area contributed by atoms with Gasteiger partial charge in [0.2, 0.25) is 5.91 Å². The molecule has 2 atom stereocenters. The van der Waals surface area contributed by atoms with Gasteiger partial charge in [0.15, 0.2) is 0 Å². The minimum absolute atomic E-state index is 0.0194. The summed E-state index contributed by atoms with van der Waals surface area (Å²) in [5, 5.41) is 5.81. The van der Waals surface area contributed by atoms with Crippen LogP contribution in [0.4, 0.5) is 0 Å². The molecule has 1 aliphatic heterocycles. The fraction of sp³-hybridized carbons (Fsp3) is 0.588. The number of nitrogens with one attached hydrogen (secondary N) is 2. The molecule has 1 fully saturated rings. The van der Waals surface area contributed by atoms with Gasteiger partial charge in [-0.2, -0.15) is 0 Å². The second-order valence-corrected chi connectivity index (χ2v) is 6.03. The molecule has 0 saturated carbocycles. The maximum absolute atomic E-state index is 11.6. The van der Waals surface area contributed by atoms with Gasteiger partial charge in [0.1, 0.15) is 0 Å². The zero-order valence-corrected chi connectivity index (χ0v) is 13.8. The van der Waals surface area contributed by atoms with E-state index < -0.39 is 0 Å². The van der Waals surface area contributed by atoms with E-state index in [1.165, 1.54) is 11.1 Å². The van der Waals surface area contributed by atoms with E-state index in [-0.39, 0.29) is 18.1 Å². The monoisotopic (exact) mass is 305 g/mol. The molecule has 1 amide bonds. The van der Waals surface area contributed by atoms with E-state index in [4.69, 9.17) is 4.74 Å². The number of nitrogens with zero attached hydrogens (tertiary/aromatic N) is 1. The van der Waals surface area contributed by atoms with Crippen molar-refractivity contribution in [3.8, 4) is 0 Å². The van der Waals surface area contributed by atoms with Crippen molar-refractivity contribution < 1.29 is 9.53 Å². The molecule has 0 spiro atoms. The van der Waals surface area contributed by atoms with Crippen LogP contribution >= 0.6 is 0 Å². The topological polar surface area (TPSA) is 53.6 Å². The average Bonchev–Trinajstić information content (AvgIpc) is 2.45. The molecule has 0 unspecified atom stereocenters. The molecular weight excluding hydrogens is 278 g/mol. The number of carbonyl (C=O) groups is 1. The van der Waals surface area contributed by atoms with Crippen LogP contribution in [-0.4, -0.2) is 49.7 Å². The molecule has 1 aliphatic rings. The molecule has 1 aromatic rings. The molecule has 5 nitrogen and oxygen atoms in total. The minimum atomic E-state index is 0.0194. The summed E-state index contributed by atoms with van der Waals surface area (Å²) in [6, 6.07) is 8.31. The van der Waals surface area contributed by atoms with Crippen LogP contribution < -0.4 is 10.6 Å². The first kappa shape index (κ1) is 16.9. The molecule has 1 aromatic carbocycles. The number of amides is 1. The minimum Gasteiger partial charge on any atom is -0.373 e. The first-order valence-electron chi connectivity index (χ1n) is 7.94. The molecule has 2 N–H and O–H groups in total. The van der Waals surface area contributed by atoms with Crippen molar-refractivity contribution in [2.45, 2.75) is 39.1 Å². The van der Waals surface area contributed by atoms with E-state index in [0.717, 1.165) is 19.6 Å². The molecule has 22 heavy (non-hydrogen) atoms. The maximum atomic E-state index is 11.6. The number of rotatable bonds is 6. The molecule has 2 rings (SSSR count). The van der Waals surface area contributed by atoms with Crippen LogP contribution in [0, 0.1) is 0 Å². The lowest BCUT2D eigenvalue weighted by atomic mass is 10.1. The van der Waals surface area contributed by atoms with Crippen molar-refractivity contribution in [3.63, 3.8) is 0 Å². The number of ether oxygens (including phenoxy) is 1. The molecular formula is C17H27N3O2. The Bertz CT molecular complexity index is 483. The SMILES string of the molecule is CNCC(=O)NCc1ccccc1CN1C[C@@H](C)O[C@@H](C)C1. The predicted molar refractivity (Wildman–Crippen MR) is 87.5 cm³/mol. The largest absolute Gasteiger partial charge is 0.373 e. The van der Waals surface area contributed by atoms with Crippen LogP contribution in [0.1, 0.15) is 25.0 Å². The van der Waals surface area contributed by atoms with Gasteiger partial charge in [-0.15, -0.1) is 0 Å². The van der Waals surface area contributed by atoms with Gasteiger partial charge in [0, 0.05) is 26.2 Å². The molecule has 0 aromatic heterocycles. The van der Waals surface area contributed by atoms with Gasteiger partial charge in [0.05, 0.1) is 18.8 Å². The van der Waals surface area contributed by atoms with E-state index in [1.54, 1.807) is 7.05 Å². The van der Waals surface area contributed by atoms with E-state index in [9.17, 15) is 4.79 Å². The predicted octanol–water partition coefficient (Wildman–Crippen LogP) is 1.13. The molecule has 1 saturated heterocycles. The van der Waals surface area contributed by atoms with Crippen LogP contribution in [0.15, 0.2) is 24.3 Å². The highest BCUT2D eigenvalue weighted by Crippen LogP contribution is 2.16. The van der Waals surface area contributed by atoms with E-state index in [2.05, 4.69) is 47.6 Å². The summed E-state index contributed by atoms with van der Waals surface area (Å²) in [5.74, 6) is 0.0194. The summed E-state index contributed by atoms with van der Waals surface area (Å²) in [7, 11) is 1.77. The molecule has 5 heteroatoms. The number of benzene rings is 1. The third-order valence-corrected chi connectivity index (χ3v) is 3.82. The molecule has 0 bridgehead atoms. The van der Waals surface area contributed by atoms with E-state index >= 15 is 0 Å². The van der Waals surface area contributed by atoms with Gasteiger partial charge in [-0.3, -0.25) is 9.69 Å². The third kappa shape index (κ3) is 5.09. The second-order valence-electron chi connectivity index (χ2n) is 6.03. The van der Waals surface area contributed by atoms with Crippen LogP contribution in [0.5, 0.6) is 0 Å². The van der Waals surface area contributed by atoms with Gasteiger partial charge in [-0.1, -0.05) is 24.3 Å². The Morgan fingerprint density at radius 2 is 1.86 bits per heavy atom. The standard InChI is InChI=1S/C17H27N3O2/c1-13-10-20(11-14(2)22-13)12-16-7-5-4-6-15(16)8-19-17(21)9-18-3/h4-7,13-14,18H,8-12H2,1-3H3,(H,19,21)/t13-,14+. The Balaban J connectivity index is 1.97. The quantitative estimate of drug-likeness (QED) is 0.827. The first-order chi connectivity index (χ1) is 10.6. The van der Waals surface area contributed by atoms with Crippen molar-refractivity contribution in [1.29, 1.82) is 0 Å². The maximum Gasteiger partial charge on any atom is 0.234 e. The van der Waals surface area contributed by atoms with Crippen molar-refractivity contribution in [3.05, 3.63) is 35.4 Å². The van der Waals surface area contributed by atoms with Crippen LogP contribution in [0.3, 0.4) is 0 Å². The summed E-state index contributed by atoms with van der Waals surface area (Å²) < 4.78 is 5.78. The lowest BCUT2D eigenvalue weighted by molar-refractivity contribution is -0.120. The van der Waals surface area contributed by atoms with Crippen LogP contribution in [0.25, 0.3) is 0 Å². The van der Waals surface area contributed by atoms with Gasteiger partial charge < -0.3 is 15.4 Å². The highest BCUT2D eigenvalue weighted by molar-refractivity contribution is 5.77. The average molecular weight is 305 g/mol. The molecule has 122 valence electrons. The Morgan fingerprint density at radius 3 is 2.50 bits per heavy atom. The fourth-order valence-corrected chi connectivity index (χ4v) is 2.96. The van der Waals surface area contributed by atoms with Gasteiger partial charge in [-0.05, 0) is 32.0 Å². The highest BCUT2D eigenvalue weighted by atomic mass is 16.5. The second kappa shape index (κ2) is 8.27. The molecule has 0 aliphatic carbocycles. The fourth-order valence-electron chi connectivity index (χ4n) is 2.96. The zero-order valence-electron chi connectivity index (χ0n) is 13.8. The Hall–Kier alpha value is -1.43. The van der Waals surface area contributed by atoms with Gasteiger partial charge in [0.25, 0.3) is 0 Å². The summed E-state index contributed by atoms with van der Waals surface area (Å²) >= 11 is 0. The molecule has 1 heterocycles. The Morgan fingerprint density at radius 1 is 1.23 bits per heavy atom. The third-order valence-electron chi connectivity index (χ3n) is 3.82. The molecule has 0 radical (unpaired) electrons. The van der Waals surface area contributed by atoms with Gasteiger partial charge in [-0.25, -0.2) is 0 Å².